The van der Waals surface area contributed by atoms with E-state index in [1.54, 1.807) is 0 Å². The fourth-order valence-electron chi connectivity index (χ4n) is 2.65. The van der Waals surface area contributed by atoms with Crippen LogP contribution in [0.15, 0.2) is 17.0 Å². The Balaban J connectivity index is 2.32. The van der Waals surface area contributed by atoms with Crippen LogP contribution in [0.2, 0.25) is 0 Å². The van der Waals surface area contributed by atoms with Crippen molar-refractivity contribution in [3.63, 3.8) is 0 Å². The van der Waals surface area contributed by atoms with Gasteiger partial charge in [0, 0.05) is 23.2 Å². The summed E-state index contributed by atoms with van der Waals surface area (Å²) >= 11 is 2.06. The molecule has 2 atom stereocenters. The third-order valence-electron chi connectivity index (χ3n) is 3.88. The molecule has 2 unspecified atom stereocenters. The maximum atomic E-state index is 3.27. The van der Waals surface area contributed by atoms with Gasteiger partial charge in [-0.2, -0.15) is 0 Å². The molecule has 1 aromatic carbocycles. The second-order valence-corrected chi connectivity index (χ2v) is 6.58. The highest BCUT2D eigenvalue weighted by atomic mass is 32.2. The number of benzene rings is 1. The average molecular weight is 264 g/mol. The number of thioether (sulfide) groups is 1. The summed E-state index contributed by atoms with van der Waals surface area (Å²) in [4.78, 5) is 3.92. The Morgan fingerprint density at radius 1 is 1.33 bits per heavy atom. The Bertz CT molecular complexity index is 431. The lowest BCUT2D eigenvalue weighted by Gasteiger charge is -2.40. The molecule has 0 aromatic heterocycles. The molecule has 0 radical (unpaired) electrons. The summed E-state index contributed by atoms with van der Waals surface area (Å²) in [5.74, 6) is 0. The van der Waals surface area contributed by atoms with Crippen LogP contribution in [0.1, 0.15) is 24.5 Å². The summed E-state index contributed by atoms with van der Waals surface area (Å²) in [6, 6.07) is 5.21. The van der Waals surface area contributed by atoms with Crippen molar-refractivity contribution in [3.05, 3.63) is 23.3 Å². The molecule has 0 saturated heterocycles. The molecule has 0 amide bonds. The first-order valence-electron chi connectivity index (χ1n) is 6.70. The van der Waals surface area contributed by atoms with Gasteiger partial charge >= 0.3 is 0 Å². The van der Waals surface area contributed by atoms with Gasteiger partial charge in [-0.3, -0.25) is 0 Å². The van der Waals surface area contributed by atoms with Crippen molar-refractivity contribution < 1.29 is 0 Å². The van der Waals surface area contributed by atoms with Crippen LogP contribution in [0.25, 0.3) is 0 Å². The number of anilines is 1. The van der Waals surface area contributed by atoms with Crippen LogP contribution in [0, 0.1) is 13.8 Å². The molecule has 1 aliphatic rings. The minimum Gasteiger partial charge on any atom is -0.370 e. The number of hydrogen-bond acceptors (Lipinski definition) is 3. The summed E-state index contributed by atoms with van der Waals surface area (Å²) in [6.45, 7) is 7.85. The lowest BCUT2D eigenvalue weighted by atomic mass is 10.1. The molecule has 0 bridgehead atoms. The fourth-order valence-corrected chi connectivity index (χ4v) is 4.14. The summed E-state index contributed by atoms with van der Waals surface area (Å²) in [5.41, 5.74) is 4.19. The number of aryl methyl sites for hydroxylation is 2. The topological polar surface area (TPSA) is 15.3 Å². The molecule has 1 heterocycles. The number of rotatable bonds is 3. The molecule has 0 spiro atoms. The van der Waals surface area contributed by atoms with E-state index < -0.39 is 0 Å². The van der Waals surface area contributed by atoms with E-state index in [2.05, 4.69) is 61.9 Å². The normalized spacial score (nSPS) is 23.1. The molecule has 1 aromatic rings. The van der Waals surface area contributed by atoms with Crippen LogP contribution >= 0.6 is 11.8 Å². The highest BCUT2D eigenvalue weighted by Crippen LogP contribution is 2.44. The van der Waals surface area contributed by atoms with E-state index in [1.165, 1.54) is 28.1 Å². The molecular weight excluding hydrogens is 240 g/mol. The zero-order valence-corrected chi connectivity index (χ0v) is 12.9. The summed E-state index contributed by atoms with van der Waals surface area (Å²) in [5, 5.41) is 3.94. The van der Waals surface area contributed by atoms with E-state index in [4.69, 9.17) is 0 Å². The molecule has 2 nitrogen and oxygen atoms in total. The van der Waals surface area contributed by atoms with Crippen molar-refractivity contribution in [3.8, 4) is 0 Å². The van der Waals surface area contributed by atoms with Gasteiger partial charge in [0.15, 0.2) is 0 Å². The first-order chi connectivity index (χ1) is 8.54. The first-order valence-corrected chi connectivity index (χ1v) is 7.58. The Kier molecular flexibility index (Phi) is 4.23. The van der Waals surface area contributed by atoms with Crippen LogP contribution in [0.3, 0.4) is 0 Å². The molecule has 18 heavy (non-hydrogen) atoms. The SMILES string of the molecule is CNCCC1Sc2c(C)cc(C)cc2N(C)C1C. The van der Waals surface area contributed by atoms with E-state index in [0.29, 0.717) is 11.3 Å². The Labute approximate surface area is 115 Å². The van der Waals surface area contributed by atoms with Crippen LogP contribution in [0.5, 0.6) is 0 Å². The van der Waals surface area contributed by atoms with Gasteiger partial charge < -0.3 is 10.2 Å². The minimum absolute atomic E-state index is 0.594. The quantitative estimate of drug-likeness (QED) is 0.902. The van der Waals surface area contributed by atoms with Gasteiger partial charge in [-0.05, 0) is 58.0 Å². The third kappa shape index (κ3) is 2.52. The maximum Gasteiger partial charge on any atom is 0.0510 e. The molecule has 1 N–H and O–H groups in total. The highest BCUT2D eigenvalue weighted by Gasteiger charge is 2.30. The van der Waals surface area contributed by atoms with Crippen molar-refractivity contribution in [1.82, 2.24) is 5.32 Å². The summed E-state index contributed by atoms with van der Waals surface area (Å²) in [7, 11) is 4.26. The van der Waals surface area contributed by atoms with Crippen molar-refractivity contribution in [1.29, 1.82) is 0 Å². The van der Waals surface area contributed by atoms with Crippen molar-refractivity contribution in [2.45, 2.75) is 43.4 Å². The number of fused-ring (bicyclic) bond motifs is 1. The lowest BCUT2D eigenvalue weighted by molar-refractivity contribution is 0.582. The number of hydrogen-bond donors (Lipinski definition) is 1. The highest BCUT2D eigenvalue weighted by molar-refractivity contribution is 8.00. The molecule has 0 saturated carbocycles. The predicted molar refractivity (Wildman–Crippen MR) is 82.0 cm³/mol. The Hall–Kier alpha value is -0.670. The van der Waals surface area contributed by atoms with Crippen LogP contribution < -0.4 is 10.2 Å². The minimum atomic E-state index is 0.594. The molecule has 0 aliphatic carbocycles. The van der Waals surface area contributed by atoms with Gasteiger partial charge in [0.1, 0.15) is 0 Å². The van der Waals surface area contributed by atoms with E-state index in [0.717, 1.165) is 6.54 Å². The fraction of sp³-hybridized carbons (Fsp3) is 0.600. The lowest BCUT2D eigenvalue weighted by Crippen LogP contribution is -2.41. The third-order valence-corrected chi connectivity index (χ3v) is 5.58. The van der Waals surface area contributed by atoms with Gasteiger partial charge in [-0.25, -0.2) is 0 Å². The molecule has 3 heteroatoms. The van der Waals surface area contributed by atoms with E-state index in [1.807, 2.05) is 7.05 Å². The van der Waals surface area contributed by atoms with Crippen LogP contribution in [-0.2, 0) is 0 Å². The maximum absolute atomic E-state index is 3.27. The van der Waals surface area contributed by atoms with Crippen LogP contribution in [0.4, 0.5) is 5.69 Å². The van der Waals surface area contributed by atoms with Crippen LogP contribution in [-0.4, -0.2) is 31.9 Å². The monoisotopic (exact) mass is 264 g/mol. The van der Waals surface area contributed by atoms with Gasteiger partial charge in [0.2, 0.25) is 0 Å². The van der Waals surface area contributed by atoms with Crippen molar-refractivity contribution in [2.24, 2.45) is 0 Å². The Morgan fingerprint density at radius 3 is 2.72 bits per heavy atom. The number of nitrogens with zero attached hydrogens (tertiary/aromatic N) is 1. The zero-order valence-electron chi connectivity index (χ0n) is 12.1. The predicted octanol–water partition coefficient (Wildman–Crippen LogP) is 3.21. The first kappa shape index (κ1) is 13.8. The smallest absolute Gasteiger partial charge is 0.0510 e. The second-order valence-electron chi connectivity index (χ2n) is 5.33. The van der Waals surface area contributed by atoms with Gasteiger partial charge in [-0.15, -0.1) is 11.8 Å². The average Bonchev–Trinajstić information content (AvgIpc) is 2.33. The second kappa shape index (κ2) is 5.54. The molecular formula is C15H24N2S. The molecule has 100 valence electrons. The Morgan fingerprint density at radius 2 is 2.06 bits per heavy atom. The largest absolute Gasteiger partial charge is 0.370 e. The van der Waals surface area contributed by atoms with E-state index in [-0.39, 0.29) is 0 Å². The van der Waals surface area contributed by atoms with Crippen molar-refractivity contribution >= 4 is 17.4 Å². The summed E-state index contributed by atoms with van der Waals surface area (Å²) < 4.78 is 0. The van der Waals surface area contributed by atoms with Gasteiger partial charge in [0.05, 0.1) is 5.69 Å². The van der Waals surface area contributed by atoms with Crippen molar-refractivity contribution in [2.75, 3.05) is 25.5 Å². The summed E-state index contributed by atoms with van der Waals surface area (Å²) in [6.07, 6.45) is 1.22. The van der Waals surface area contributed by atoms with E-state index >= 15 is 0 Å². The molecule has 1 aliphatic heterocycles. The van der Waals surface area contributed by atoms with Gasteiger partial charge in [0.25, 0.3) is 0 Å². The zero-order chi connectivity index (χ0) is 13.3. The van der Waals surface area contributed by atoms with E-state index in [9.17, 15) is 0 Å². The van der Waals surface area contributed by atoms with Gasteiger partial charge in [-0.1, -0.05) is 6.07 Å². The molecule has 2 rings (SSSR count). The standard InChI is InChI=1S/C15H24N2S/c1-10-8-11(2)15-13(9-10)17(5)12(3)14(18-15)6-7-16-4/h8-9,12,14,16H,6-7H2,1-5H3. The number of nitrogens with one attached hydrogen (secondary N) is 1. The molecule has 0 fully saturated rings.